The number of amides is 1. The maximum absolute atomic E-state index is 12.8. The third kappa shape index (κ3) is 3.67. The average Bonchev–Trinajstić information content (AvgIpc) is 2.46. The molecule has 0 bridgehead atoms. The van der Waals surface area contributed by atoms with Crippen molar-refractivity contribution in [3.05, 3.63) is 0 Å². The Morgan fingerprint density at radius 1 is 1.40 bits per heavy atom. The quantitative estimate of drug-likeness (QED) is 0.568. The van der Waals surface area contributed by atoms with E-state index in [0.717, 1.165) is 6.42 Å². The van der Waals surface area contributed by atoms with E-state index in [2.05, 4.69) is 4.74 Å². The molecule has 0 spiro atoms. The minimum absolute atomic E-state index is 0.0750. The van der Waals surface area contributed by atoms with E-state index in [-0.39, 0.29) is 17.4 Å². The van der Waals surface area contributed by atoms with Crippen LogP contribution in [0, 0.1) is 5.41 Å². The van der Waals surface area contributed by atoms with Crippen LogP contribution >= 0.6 is 12.2 Å². The highest BCUT2D eigenvalue weighted by Crippen LogP contribution is 2.33. The predicted octanol–water partition coefficient (Wildman–Crippen LogP) is 0.481. The lowest BCUT2D eigenvalue weighted by Crippen LogP contribution is -2.54. The fourth-order valence-corrected chi connectivity index (χ4v) is 2.62. The van der Waals surface area contributed by atoms with Crippen molar-refractivity contribution in [2.75, 3.05) is 33.4 Å². The fourth-order valence-electron chi connectivity index (χ4n) is 2.33. The van der Waals surface area contributed by atoms with Crippen LogP contribution in [0.4, 0.5) is 0 Å². The van der Waals surface area contributed by atoms with Gasteiger partial charge in [-0.05, 0) is 19.3 Å². The normalized spacial score (nSPS) is 17.3. The van der Waals surface area contributed by atoms with E-state index in [9.17, 15) is 9.59 Å². The van der Waals surface area contributed by atoms with Gasteiger partial charge in [-0.2, -0.15) is 0 Å². The van der Waals surface area contributed by atoms with Gasteiger partial charge in [0.15, 0.2) is 0 Å². The van der Waals surface area contributed by atoms with Crippen molar-refractivity contribution in [2.24, 2.45) is 11.1 Å². The van der Waals surface area contributed by atoms with Crippen molar-refractivity contribution >= 4 is 29.1 Å². The lowest BCUT2D eigenvalue weighted by Gasteiger charge is -2.38. The number of rotatable bonds is 6. The molecule has 114 valence electrons. The first kappa shape index (κ1) is 16.8. The first-order chi connectivity index (χ1) is 9.47. The van der Waals surface area contributed by atoms with Crippen molar-refractivity contribution in [3.63, 3.8) is 0 Å². The van der Waals surface area contributed by atoms with Crippen molar-refractivity contribution in [1.82, 2.24) is 4.90 Å². The molecule has 0 atom stereocenters. The van der Waals surface area contributed by atoms with Crippen LogP contribution in [0.3, 0.4) is 0 Å². The summed E-state index contributed by atoms with van der Waals surface area (Å²) in [4.78, 5) is 25.9. The predicted molar refractivity (Wildman–Crippen MR) is 78.2 cm³/mol. The van der Waals surface area contributed by atoms with Gasteiger partial charge in [0.05, 0.1) is 12.1 Å². The van der Waals surface area contributed by atoms with Crippen LogP contribution < -0.4 is 5.73 Å². The maximum Gasteiger partial charge on any atom is 0.325 e. The van der Waals surface area contributed by atoms with Crippen LogP contribution in [-0.4, -0.2) is 55.2 Å². The number of thiocarbonyl (C=S) groups is 1. The number of hydrogen-bond acceptors (Lipinski definition) is 5. The summed E-state index contributed by atoms with van der Waals surface area (Å²) in [7, 11) is 1.30. The molecule has 0 aliphatic carbocycles. The molecule has 1 aliphatic rings. The van der Waals surface area contributed by atoms with E-state index in [1.54, 1.807) is 0 Å². The number of ether oxygens (including phenoxy) is 2. The van der Waals surface area contributed by atoms with Crippen molar-refractivity contribution < 1.29 is 19.1 Å². The lowest BCUT2D eigenvalue weighted by molar-refractivity contribution is -0.151. The molecule has 0 unspecified atom stereocenters. The summed E-state index contributed by atoms with van der Waals surface area (Å²) in [5.41, 5.74) is 4.92. The summed E-state index contributed by atoms with van der Waals surface area (Å²) >= 11 is 5.11. The molecule has 1 amide bonds. The fraction of sp³-hybridized carbons (Fsp3) is 0.769. The summed E-state index contributed by atoms with van der Waals surface area (Å²) in [6.07, 6.45) is 1.66. The second-order valence-corrected chi connectivity index (χ2v) is 5.30. The monoisotopic (exact) mass is 302 g/mol. The molecule has 0 aromatic heterocycles. The Balaban J connectivity index is 2.94. The largest absolute Gasteiger partial charge is 0.468 e. The van der Waals surface area contributed by atoms with E-state index >= 15 is 0 Å². The van der Waals surface area contributed by atoms with E-state index in [1.807, 2.05) is 6.92 Å². The molecule has 20 heavy (non-hydrogen) atoms. The molecule has 0 aromatic carbocycles. The lowest BCUT2D eigenvalue weighted by atomic mass is 9.78. The average molecular weight is 302 g/mol. The van der Waals surface area contributed by atoms with Gasteiger partial charge in [-0.3, -0.25) is 9.59 Å². The molecule has 1 aliphatic heterocycles. The molecule has 1 rings (SSSR count). The summed E-state index contributed by atoms with van der Waals surface area (Å²) in [6, 6.07) is 0. The van der Waals surface area contributed by atoms with E-state index in [0.29, 0.717) is 32.6 Å². The number of carbonyl (C=O) groups is 2. The Morgan fingerprint density at radius 3 is 2.45 bits per heavy atom. The Labute approximate surface area is 124 Å². The molecule has 1 heterocycles. The van der Waals surface area contributed by atoms with Crippen LogP contribution in [0.15, 0.2) is 0 Å². The summed E-state index contributed by atoms with van der Waals surface area (Å²) < 4.78 is 9.93. The third-order valence-corrected chi connectivity index (χ3v) is 3.95. The van der Waals surface area contributed by atoms with E-state index in [1.165, 1.54) is 12.0 Å². The SMILES string of the molecule is CCCN(CC(=O)OC)C(=O)C1(C(N)=S)CCOCC1. The first-order valence-electron chi connectivity index (χ1n) is 6.71. The smallest absolute Gasteiger partial charge is 0.325 e. The van der Waals surface area contributed by atoms with Crippen LogP contribution in [0.1, 0.15) is 26.2 Å². The van der Waals surface area contributed by atoms with Crippen molar-refractivity contribution in [2.45, 2.75) is 26.2 Å². The van der Waals surface area contributed by atoms with Crippen LogP contribution in [-0.2, 0) is 19.1 Å². The molecule has 1 fully saturated rings. The van der Waals surface area contributed by atoms with Crippen LogP contribution in [0.5, 0.6) is 0 Å². The van der Waals surface area contributed by atoms with Gasteiger partial charge in [0.1, 0.15) is 12.0 Å². The molecule has 1 saturated heterocycles. The zero-order chi connectivity index (χ0) is 15.2. The highest BCUT2D eigenvalue weighted by Gasteiger charge is 2.45. The topological polar surface area (TPSA) is 81.9 Å². The summed E-state index contributed by atoms with van der Waals surface area (Å²) in [6.45, 7) is 3.23. The molecule has 0 radical (unpaired) electrons. The molecule has 6 nitrogen and oxygen atoms in total. The molecule has 0 aromatic rings. The van der Waals surface area contributed by atoms with Crippen molar-refractivity contribution in [1.29, 1.82) is 0 Å². The number of carbonyl (C=O) groups excluding carboxylic acids is 2. The molecule has 0 saturated carbocycles. The molecule has 2 N–H and O–H groups in total. The van der Waals surface area contributed by atoms with Gasteiger partial charge >= 0.3 is 5.97 Å². The minimum atomic E-state index is -0.892. The van der Waals surface area contributed by atoms with Gasteiger partial charge in [-0.15, -0.1) is 0 Å². The number of methoxy groups -OCH3 is 1. The van der Waals surface area contributed by atoms with Crippen molar-refractivity contribution in [3.8, 4) is 0 Å². The minimum Gasteiger partial charge on any atom is -0.468 e. The van der Waals surface area contributed by atoms with Gasteiger partial charge < -0.3 is 20.1 Å². The number of nitrogens with two attached hydrogens (primary N) is 1. The second kappa shape index (κ2) is 7.54. The Hall–Kier alpha value is -1.21. The molecular weight excluding hydrogens is 280 g/mol. The second-order valence-electron chi connectivity index (χ2n) is 4.86. The van der Waals surface area contributed by atoms with Crippen LogP contribution in [0.25, 0.3) is 0 Å². The first-order valence-corrected chi connectivity index (χ1v) is 7.12. The Morgan fingerprint density at radius 2 is 2.00 bits per heavy atom. The van der Waals surface area contributed by atoms with Gasteiger partial charge in [-0.1, -0.05) is 19.1 Å². The molecular formula is C13H22N2O4S. The summed E-state index contributed by atoms with van der Waals surface area (Å²) in [5.74, 6) is -0.641. The number of hydrogen-bond donors (Lipinski definition) is 1. The Bertz CT molecular complexity index is 381. The number of nitrogens with zero attached hydrogens (tertiary/aromatic N) is 1. The standard InChI is InChI=1S/C13H22N2O4S/c1-3-6-15(9-10(16)18-2)12(17)13(11(14)20)4-7-19-8-5-13/h3-9H2,1-2H3,(H2,14,20). The number of esters is 1. The highest BCUT2D eigenvalue weighted by atomic mass is 32.1. The Kier molecular flexibility index (Phi) is 6.35. The highest BCUT2D eigenvalue weighted by molar-refractivity contribution is 7.80. The third-order valence-electron chi connectivity index (χ3n) is 3.56. The van der Waals surface area contributed by atoms with Gasteiger partial charge in [0.25, 0.3) is 0 Å². The van der Waals surface area contributed by atoms with Gasteiger partial charge in [-0.25, -0.2) is 0 Å². The summed E-state index contributed by atoms with van der Waals surface area (Å²) in [5, 5.41) is 0. The van der Waals surface area contributed by atoms with Crippen LogP contribution in [0.2, 0.25) is 0 Å². The van der Waals surface area contributed by atoms with Gasteiger partial charge in [0.2, 0.25) is 5.91 Å². The maximum atomic E-state index is 12.8. The zero-order valence-electron chi connectivity index (χ0n) is 12.0. The van der Waals surface area contributed by atoms with Gasteiger partial charge in [0, 0.05) is 19.8 Å². The zero-order valence-corrected chi connectivity index (χ0v) is 12.8. The van der Waals surface area contributed by atoms with E-state index in [4.69, 9.17) is 22.7 Å². The van der Waals surface area contributed by atoms with E-state index < -0.39 is 11.4 Å². The molecule has 7 heteroatoms.